The zero-order valence-corrected chi connectivity index (χ0v) is 8.35. The van der Waals surface area contributed by atoms with E-state index in [-0.39, 0.29) is 5.56 Å². The molecule has 0 saturated heterocycles. The van der Waals surface area contributed by atoms with Crippen molar-refractivity contribution in [3.63, 3.8) is 0 Å². The Labute approximate surface area is 94.3 Å². The number of hydrogen-bond donors (Lipinski definition) is 1. The molecule has 1 heterocycles. The maximum atomic E-state index is 10.7. The Morgan fingerprint density at radius 2 is 2.24 bits per heavy atom. The summed E-state index contributed by atoms with van der Waals surface area (Å²) in [6, 6.07) is 5.86. The van der Waals surface area contributed by atoms with E-state index in [1.165, 1.54) is 18.2 Å². The zero-order chi connectivity index (χ0) is 12.4. The van der Waals surface area contributed by atoms with Gasteiger partial charge in [-0.05, 0) is 23.1 Å². The molecule has 0 aliphatic carbocycles. The van der Waals surface area contributed by atoms with E-state index in [9.17, 15) is 14.9 Å². The summed E-state index contributed by atoms with van der Waals surface area (Å²) in [5.74, 6) is -1.62. The quantitative estimate of drug-likeness (QED) is 0.623. The molecule has 86 valence electrons. The third-order valence-electron chi connectivity index (χ3n) is 2.00. The molecule has 0 spiro atoms. The largest absolute Gasteiger partial charge is 0.491 e. The van der Waals surface area contributed by atoms with Crippen LogP contribution >= 0.6 is 0 Å². The Hall–Kier alpha value is -2.77. The van der Waals surface area contributed by atoms with E-state index in [0.717, 1.165) is 11.0 Å². The second-order valence-electron chi connectivity index (χ2n) is 3.10. The number of hydrogen-bond acceptors (Lipinski definition) is 5. The average Bonchev–Trinajstić information content (AvgIpc) is 2.78. The Morgan fingerprint density at radius 3 is 2.82 bits per heavy atom. The molecule has 8 heteroatoms. The first kappa shape index (κ1) is 10.7. The van der Waals surface area contributed by atoms with Gasteiger partial charge in [-0.25, -0.2) is 4.79 Å². The molecule has 0 fully saturated rings. The molecule has 0 amide bonds. The van der Waals surface area contributed by atoms with E-state index in [1.54, 1.807) is 6.07 Å². The van der Waals surface area contributed by atoms with E-state index in [0.29, 0.717) is 5.69 Å². The molecule has 0 radical (unpaired) electrons. The van der Waals surface area contributed by atoms with E-state index in [2.05, 4.69) is 10.1 Å². The van der Waals surface area contributed by atoms with Crippen molar-refractivity contribution in [1.82, 2.24) is 14.8 Å². The van der Waals surface area contributed by atoms with Crippen molar-refractivity contribution >= 4 is 11.9 Å². The molecular formula is C9H6N4O4. The predicted octanol–water partition coefficient (Wildman–Crippen LogP) is 0.874. The molecule has 2 aromatic rings. The van der Waals surface area contributed by atoms with Gasteiger partial charge in [0, 0.05) is 5.10 Å². The van der Waals surface area contributed by atoms with Gasteiger partial charge in [-0.2, -0.15) is 0 Å². The third kappa shape index (κ3) is 2.09. The molecule has 2 rings (SSSR count). The summed E-state index contributed by atoms with van der Waals surface area (Å²) in [7, 11) is 0. The van der Waals surface area contributed by atoms with Crippen molar-refractivity contribution in [2.45, 2.75) is 0 Å². The molecule has 0 aliphatic rings. The van der Waals surface area contributed by atoms with Gasteiger partial charge in [0.1, 0.15) is 0 Å². The molecule has 0 unspecified atom stereocenters. The highest BCUT2D eigenvalue weighted by Crippen LogP contribution is 2.11. The lowest BCUT2D eigenvalue weighted by molar-refractivity contribution is -0.394. The predicted molar refractivity (Wildman–Crippen MR) is 55.0 cm³/mol. The fraction of sp³-hybridized carbons (Fsp3) is 0. The van der Waals surface area contributed by atoms with Crippen LogP contribution in [0.25, 0.3) is 5.69 Å². The van der Waals surface area contributed by atoms with Gasteiger partial charge in [0.15, 0.2) is 0 Å². The lowest BCUT2D eigenvalue weighted by Gasteiger charge is -1.98. The number of aromatic nitrogens is 3. The van der Waals surface area contributed by atoms with Crippen molar-refractivity contribution in [3.05, 3.63) is 46.3 Å². The van der Waals surface area contributed by atoms with Crippen LogP contribution in [-0.4, -0.2) is 30.8 Å². The Morgan fingerprint density at radius 1 is 1.47 bits per heavy atom. The Bertz CT molecular complexity index is 592. The van der Waals surface area contributed by atoms with Gasteiger partial charge in [0.2, 0.25) is 6.33 Å². The number of carboxylic acids is 1. The minimum atomic E-state index is -1.08. The summed E-state index contributed by atoms with van der Waals surface area (Å²) in [4.78, 5) is 23.9. The van der Waals surface area contributed by atoms with Crippen LogP contribution in [0.4, 0.5) is 5.95 Å². The van der Waals surface area contributed by atoms with Gasteiger partial charge in [-0.1, -0.05) is 11.1 Å². The molecule has 1 N–H and O–H groups in total. The fourth-order valence-electron chi connectivity index (χ4n) is 1.24. The zero-order valence-electron chi connectivity index (χ0n) is 8.35. The van der Waals surface area contributed by atoms with Crippen molar-refractivity contribution < 1.29 is 14.8 Å². The number of nitro groups is 1. The van der Waals surface area contributed by atoms with Crippen LogP contribution in [0.2, 0.25) is 0 Å². The number of carboxylic acid groups (broad SMARTS) is 1. The number of carbonyl (C=O) groups is 1. The van der Waals surface area contributed by atoms with Gasteiger partial charge >= 0.3 is 11.9 Å². The number of aromatic carboxylic acids is 1. The lowest BCUT2D eigenvalue weighted by atomic mass is 10.2. The second-order valence-corrected chi connectivity index (χ2v) is 3.10. The highest BCUT2D eigenvalue weighted by molar-refractivity contribution is 5.88. The highest BCUT2D eigenvalue weighted by Gasteiger charge is 2.14. The number of benzene rings is 1. The van der Waals surface area contributed by atoms with E-state index in [4.69, 9.17) is 5.11 Å². The van der Waals surface area contributed by atoms with Crippen LogP contribution in [0.1, 0.15) is 10.4 Å². The van der Waals surface area contributed by atoms with Crippen molar-refractivity contribution in [3.8, 4) is 5.69 Å². The van der Waals surface area contributed by atoms with Gasteiger partial charge in [0.25, 0.3) is 0 Å². The van der Waals surface area contributed by atoms with E-state index in [1.807, 2.05) is 0 Å². The maximum Gasteiger partial charge on any atom is 0.491 e. The minimum Gasteiger partial charge on any atom is -0.478 e. The first-order valence-electron chi connectivity index (χ1n) is 4.48. The van der Waals surface area contributed by atoms with Crippen LogP contribution in [0.5, 0.6) is 0 Å². The smallest absolute Gasteiger partial charge is 0.478 e. The SMILES string of the molecule is O=C(O)c1cccc(-n2cnc([N+](=O)[O-])n2)c1. The van der Waals surface area contributed by atoms with Gasteiger partial charge in [0.05, 0.1) is 11.3 Å². The first-order chi connectivity index (χ1) is 8.08. The number of nitrogens with zero attached hydrogens (tertiary/aromatic N) is 4. The second kappa shape index (κ2) is 4.00. The topological polar surface area (TPSA) is 111 Å². The maximum absolute atomic E-state index is 10.7. The van der Waals surface area contributed by atoms with Crippen molar-refractivity contribution in [2.24, 2.45) is 0 Å². The Kier molecular flexibility index (Phi) is 2.53. The van der Waals surface area contributed by atoms with Crippen molar-refractivity contribution in [2.75, 3.05) is 0 Å². The summed E-state index contributed by atoms with van der Waals surface area (Å²) < 4.78 is 1.14. The molecule has 8 nitrogen and oxygen atoms in total. The summed E-state index contributed by atoms with van der Waals surface area (Å²) in [5, 5.41) is 22.8. The molecule has 0 bridgehead atoms. The van der Waals surface area contributed by atoms with Gasteiger partial charge < -0.3 is 15.2 Å². The van der Waals surface area contributed by atoms with Crippen LogP contribution in [0.15, 0.2) is 30.6 Å². The molecule has 1 aromatic heterocycles. The molecule has 17 heavy (non-hydrogen) atoms. The fourth-order valence-corrected chi connectivity index (χ4v) is 1.24. The molecule has 1 aromatic carbocycles. The summed E-state index contributed by atoms with van der Waals surface area (Å²) in [5.41, 5.74) is 0.464. The highest BCUT2D eigenvalue weighted by atomic mass is 16.6. The molecule has 0 aliphatic heterocycles. The minimum absolute atomic E-state index is 0.0700. The van der Waals surface area contributed by atoms with Gasteiger partial charge in [-0.15, -0.1) is 4.68 Å². The summed E-state index contributed by atoms with van der Waals surface area (Å²) in [6.45, 7) is 0. The standard InChI is InChI=1S/C9H6N4O4/c14-8(15)6-2-1-3-7(4-6)12-5-10-9(11-12)13(16)17/h1-5H,(H,14,15). The van der Waals surface area contributed by atoms with E-state index >= 15 is 0 Å². The Balaban J connectivity index is 2.42. The summed E-state index contributed by atoms with van der Waals surface area (Å²) >= 11 is 0. The monoisotopic (exact) mass is 234 g/mol. The van der Waals surface area contributed by atoms with E-state index < -0.39 is 16.8 Å². The third-order valence-corrected chi connectivity index (χ3v) is 2.00. The van der Waals surface area contributed by atoms with Crippen LogP contribution < -0.4 is 0 Å². The number of rotatable bonds is 3. The lowest BCUT2D eigenvalue weighted by Crippen LogP contribution is -2.00. The van der Waals surface area contributed by atoms with Crippen LogP contribution in [0.3, 0.4) is 0 Å². The molecule has 0 atom stereocenters. The van der Waals surface area contributed by atoms with Crippen LogP contribution in [0, 0.1) is 10.1 Å². The molecule has 0 saturated carbocycles. The normalized spacial score (nSPS) is 10.1. The summed E-state index contributed by atoms with van der Waals surface area (Å²) in [6.07, 6.45) is 1.15. The van der Waals surface area contributed by atoms with Crippen molar-refractivity contribution in [1.29, 1.82) is 0 Å². The van der Waals surface area contributed by atoms with Gasteiger partial charge in [-0.3, -0.25) is 0 Å². The van der Waals surface area contributed by atoms with Crippen LogP contribution in [-0.2, 0) is 0 Å². The molecular weight excluding hydrogens is 228 g/mol. The first-order valence-corrected chi connectivity index (χ1v) is 4.48. The average molecular weight is 234 g/mol.